The molecular formula is C47H28N2S. The third kappa shape index (κ3) is 3.95. The quantitative estimate of drug-likeness (QED) is 0.190. The van der Waals surface area contributed by atoms with Crippen molar-refractivity contribution in [3.05, 3.63) is 181 Å². The van der Waals surface area contributed by atoms with Crippen LogP contribution >= 0.6 is 11.3 Å². The van der Waals surface area contributed by atoms with Crippen LogP contribution < -0.4 is 0 Å². The van der Waals surface area contributed by atoms with Crippen LogP contribution in [0.4, 0.5) is 0 Å². The molecule has 2 heterocycles. The topological polar surface area (TPSA) is 25.8 Å². The maximum Gasteiger partial charge on any atom is 0.0935 e. The molecule has 0 N–H and O–H groups in total. The van der Waals surface area contributed by atoms with Crippen molar-refractivity contribution in [2.75, 3.05) is 0 Å². The number of aromatic nitrogens is 2. The zero-order chi connectivity index (χ0) is 32.8. The van der Waals surface area contributed by atoms with Gasteiger partial charge in [-0.05, 0) is 79.2 Å². The van der Waals surface area contributed by atoms with Crippen molar-refractivity contribution in [3.63, 3.8) is 0 Å². The van der Waals surface area contributed by atoms with Crippen LogP contribution in [-0.4, -0.2) is 9.97 Å². The molecule has 11 rings (SSSR count). The summed E-state index contributed by atoms with van der Waals surface area (Å²) >= 11 is 1.92. The number of benzene rings is 8. The molecule has 0 radical (unpaired) electrons. The van der Waals surface area contributed by atoms with Crippen LogP contribution in [-0.2, 0) is 0 Å². The van der Waals surface area contributed by atoms with Crippen molar-refractivity contribution in [1.29, 1.82) is 0 Å². The van der Waals surface area contributed by atoms with Crippen molar-refractivity contribution in [2.45, 2.75) is 5.92 Å². The van der Waals surface area contributed by atoms with Gasteiger partial charge in [-0.15, -0.1) is 11.3 Å². The Morgan fingerprint density at radius 2 is 1.16 bits per heavy atom. The number of para-hydroxylation sites is 2. The van der Waals surface area contributed by atoms with Crippen LogP contribution in [0, 0.1) is 0 Å². The minimum atomic E-state index is -0.0971. The largest absolute Gasteiger partial charge is 0.248 e. The predicted octanol–water partition coefficient (Wildman–Crippen LogP) is 12.8. The molecule has 8 aromatic carbocycles. The van der Waals surface area contributed by atoms with Crippen LogP contribution in [0.1, 0.15) is 22.7 Å². The maximum absolute atomic E-state index is 5.57. The summed E-state index contributed by atoms with van der Waals surface area (Å²) in [6.07, 6.45) is 0. The Bertz CT molecular complexity index is 2990. The third-order valence-corrected chi connectivity index (χ3v) is 11.7. The monoisotopic (exact) mass is 652 g/mol. The normalized spacial score (nSPS) is 13.8. The molecule has 0 saturated carbocycles. The Kier molecular flexibility index (Phi) is 5.92. The first-order chi connectivity index (χ1) is 24.8. The highest BCUT2D eigenvalue weighted by molar-refractivity contribution is 7.26. The van der Waals surface area contributed by atoms with Crippen LogP contribution in [0.2, 0.25) is 0 Å². The van der Waals surface area contributed by atoms with Crippen molar-refractivity contribution in [2.24, 2.45) is 0 Å². The molecule has 0 aliphatic heterocycles. The van der Waals surface area contributed by atoms with Crippen LogP contribution in [0.25, 0.3) is 86.3 Å². The average Bonchev–Trinajstić information content (AvgIpc) is 3.75. The summed E-state index contributed by atoms with van der Waals surface area (Å²) < 4.78 is 2.65. The van der Waals surface area contributed by atoms with E-state index in [1.54, 1.807) is 0 Å². The molecule has 2 nitrogen and oxygen atoms in total. The highest BCUT2D eigenvalue weighted by Gasteiger charge is 2.37. The van der Waals surface area contributed by atoms with Gasteiger partial charge in [-0.1, -0.05) is 140 Å². The fourth-order valence-corrected chi connectivity index (χ4v) is 9.69. The standard InChI is InChI=1S/C47H28N2S/c1-2-13-28(14-3-1)30-16-12-17-31(27-30)45-46(49-38-24-11-10-23-37(38)48-45)42-35-21-8-6-19-33(35)40-34-20-7-9-22-36(34)43-41-32-18-5-4-15-29(32)25-26-39(41)50-47(43)44(40)42/h1-27,42H. The van der Waals surface area contributed by atoms with Gasteiger partial charge in [-0.3, -0.25) is 0 Å². The minimum absolute atomic E-state index is 0.0971. The molecular weight excluding hydrogens is 625 g/mol. The van der Waals surface area contributed by atoms with E-state index in [9.17, 15) is 0 Å². The first-order valence-electron chi connectivity index (χ1n) is 17.1. The van der Waals surface area contributed by atoms with Gasteiger partial charge in [-0.2, -0.15) is 0 Å². The number of fused-ring (bicyclic) bond motifs is 13. The molecule has 1 aliphatic carbocycles. The maximum atomic E-state index is 5.57. The number of thiophene rings is 1. The molecule has 2 aromatic heterocycles. The van der Waals surface area contributed by atoms with Gasteiger partial charge in [0.2, 0.25) is 0 Å². The lowest BCUT2D eigenvalue weighted by Crippen LogP contribution is -2.07. The SMILES string of the molecule is c1ccc(-c2cccc(-c3nc4ccccc4nc3C3c4ccccc4-c4c3c3sc5ccc6ccccc6c5c3c3ccccc43)c2)cc1. The second-order valence-corrected chi connectivity index (χ2v) is 14.3. The van der Waals surface area contributed by atoms with Crippen LogP contribution in [0.3, 0.4) is 0 Å². The van der Waals surface area contributed by atoms with E-state index < -0.39 is 0 Å². The van der Waals surface area contributed by atoms with Crippen molar-refractivity contribution in [1.82, 2.24) is 9.97 Å². The molecule has 0 spiro atoms. The predicted molar refractivity (Wildman–Crippen MR) is 211 cm³/mol. The molecule has 50 heavy (non-hydrogen) atoms. The summed E-state index contributed by atoms with van der Waals surface area (Å²) in [4.78, 5) is 11.0. The Balaban J connectivity index is 1.29. The van der Waals surface area contributed by atoms with Crippen LogP contribution in [0.15, 0.2) is 164 Å². The Labute approximate surface area is 293 Å². The number of hydrogen-bond acceptors (Lipinski definition) is 3. The van der Waals surface area contributed by atoms with Crippen LogP contribution in [0.5, 0.6) is 0 Å². The van der Waals surface area contributed by atoms with Crippen molar-refractivity contribution >= 4 is 64.1 Å². The Hall–Kier alpha value is -6.16. The number of nitrogens with zero attached hydrogens (tertiary/aromatic N) is 2. The molecule has 0 amide bonds. The molecule has 0 bridgehead atoms. The van der Waals surface area contributed by atoms with E-state index in [1.165, 1.54) is 75.1 Å². The summed E-state index contributed by atoms with van der Waals surface area (Å²) in [5.74, 6) is -0.0971. The fourth-order valence-electron chi connectivity index (χ4n) is 8.38. The van der Waals surface area contributed by atoms with Gasteiger partial charge in [0.05, 0.1) is 28.3 Å². The third-order valence-electron chi connectivity index (χ3n) is 10.5. The van der Waals surface area contributed by atoms with Gasteiger partial charge < -0.3 is 0 Å². The smallest absolute Gasteiger partial charge is 0.0935 e. The molecule has 0 fully saturated rings. The second kappa shape index (κ2) is 10.7. The van der Waals surface area contributed by atoms with E-state index in [4.69, 9.17) is 9.97 Å². The molecule has 1 atom stereocenters. The number of hydrogen-bond donors (Lipinski definition) is 0. The van der Waals surface area contributed by atoms with E-state index >= 15 is 0 Å². The minimum Gasteiger partial charge on any atom is -0.248 e. The molecule has 0 saturated heterocycles. The lowest BCUT2D eigenvalue weighted by atomic mass is 9.87. The van der Waals surface area contributed by atoms with E-state index in [0.717, 1.165) is 28.0 Å². The van der Waals surface area contributed by atoms with Crippen molar-refractivity contribution in [3.8, 4) is 33.5 Å². The summed E-state index contributed by atoms with van der Waals surface area (Å²) in [7, 11) is 0. The van der Waals surface area contributed by atoms with Crippen molar-refractivity contribution < 1.29 is 0 Å². The first kappa shape index (κ1) is 27.8. The van der Waals surface area contributed by atoms with E-state index in [2.05, 4.69) is 164 Å². The number of rotatable bonds is 3. The highest BCUT2D eigenvalue weighted by atomic mass is 32.1. The van der Waals surface area contributed by atoms with Gasteiger partial charge in [0.25, 0.3) is 0 Å². The zero-order valence-electron chi connectivity index (χ0n) is 27.0. The van der Waals surface area contributed by atoms with E-state index in [1.807, 2.05) is 11.3 Å². The molecule has 10 aromatic rings. The molecule has 3 heteroatoms. The molecule has 232 valence electrons. The summed E-state index contributed by atoms with van der Waals surface area (Å²) in [6, 6.07) is 59.1. The molecule has 1 unspecified atom stereocenters. The van der Waals surface area contributed by atoms with Gasteiger partial charge >= 0.3 is 0 Å². The Morgan fingerprint density at radius 1 is 0.480 bits per heavy atom. The lowest BCUT2D eigenvalue weighted by molar-refractivity contribution is 0.958. The fraction of sp³-hybridized carbons (Fsp3) is 0.0213. The van der Waals surface area contributed by atoms with Gasteiger partial charge in [0.15, 0.2) is 0 Å². The highest BCUT2D eigenvalue weighted by Crippen LogP contribution is 2.57. The van der Waals surface area contributed by atoms with Gasteiger partial charge in [0, 0.05) is 25.7 Å². The van der Waals surface area contributed by atoms with Gasteiger partial charge in [-0.25, -0.2) is 9.97 Å². The van der Waals surface area contributed by atoms with E-state index in [0.29, 0.717) is 0 Å². The zero-order valence-corrected chi connectivity index (χ0v) is 27.8. The Morgan fingerprint density at radius 3 is 2.04 bits per heavy atom. The first-order valence-corrected chi connectivity index (χ1v) is 17.9. The molecule has 1 aliphatic rings. The van der Waals surface area contributed by atoms with Gasteiger partial charge in [0.1, 0.15) is 0 Å². The summed E-state index contributed by atoms with van der Waals surface area (Å²) in [5, 5.41) is 7.86. The van der Waals surface area contributed by atoms with E-state index in [-0.39, 0.29) is 5.92 Å². The second-order valence-electron chi connectivity index (χ2n) is 13.2. The average molecular weight is 653 g/mol. The lowest BCUT2D eigenvalue weighted by Gasteiger charge is -2.19. The summed E-state index contributed by atoms with van der Waals surface area (Å²) in [6.45, 7) is 0. The summed E-state index contributed by atoms with van der Waals surface area (Å²) in [5.41, 5.74) is 12.4.